The summed E-state index contributed by atoms with van der Waals surface area (Å²) in [6.45, 7) is 1.67. The highest BCUT2D eigenvalue weighted by Crippen LogP contribution is 2.36. The van der Waals surface area contributed by atoms with Crippen LogP contribution in [0, 0.1) is 12.7 Å². The fourth-order valence-corrected chi connectivity index (χ4v) is 3.23. The van der Waals surface area contributed by atoms with Crippen LogP contribution in [0.1, 0.15) is 15.4 Å². The summed E-state index contributed by atoms with van der Waals surface area (Å²) in [6.07, 6.45) is 1.84. The van der Waals surface area contributed by atoms with Crippen molar-refractivity contribution >= 4 is 29.1 Å². The minimum Gasteiger partial charge on any atom is -0.476 e. The Bertz CT molecular complexity index is 610. The largest absolute Gasteiger partial charge is 0.476 e. The van der Waals surface area contributed by atoms with Crippen LogP contribution in [0.25, 0.3) is 10.6 Å². The van der Waals surface area contributed by atoms with E-state index in [-0.39, 0.29) is 11.5 Å². The standard InChI is InChI=1S/C12H10FNO2S2/c1-6-10(12(15)16)14-11(18-6)9-7(13)4-3-5-8(9)17-2/h3-5H,1-2H3,(H,15,16). The van der Waals surface area contributed by atoms with Crippen molar-refractivity contribution in [2.45, 2.75) is 11.8 Å². The molecule has 1 aromatic heterocycles. The van der Waals surface area contributed by atoms with E-state index in [0.29, 0.717) is 15.4 Å². The van der Waals surface area contributed by atoms with Crippen molar-refractivity contribution in [3.63, 3.8) is 0 Å². The Morgan fingerprint density at radius 2 is 2.22 bits per heavy atom. The average Bonchev–Trinajstić information content (AvgIpc) is 2.70. The Morgan fingerprint density at radius 3 is 2.78 bits per heavy atom. The van der Waals surface area contributed by atoms with Gasteiger partial charge >= 0.3 is 5.97 Å². The molecule has 6 heteroatoms. The van der Waals surface area contributed by atoms with E-state index in [4.69, 9.17) is 5.11 Å². The van der Waals surface area contributed by atoms with Gasteiger partial charge in [-0.1, -0.05) is 6.07 Å². The first kappa shape index (κ1) is 13.0. The highest BCUT2D eigenvalue weighted by Gasteiger charge is 2.19. The Hall–Kier alpha value is -1.40. The van der Waals surface area contributed by atoms with Gasteiger partial charge in [-0.05, 0) is 25.3 Å². The van der Waals surface area contributed by atoms with Crippen molar-refractivity contribution in [2.24, 2.45) is 0 Å². The number of aromatic nitrogens is 1. The molecule has 0 unspecified atom stereocenters. The van der Waals surface area contributed by atoms with Crippen LogP contribution < -0.4 is 0 Å². The lowest BCUT2D eigenvalue weighted by atomic mass is 10.2. The summed E-state index contributed by atoms with van der Waals surface area (Å²) in [7, 11) is 0. The molecular weight excluding hydrogens is 273 g/mol. The second kappa shape index (κ2) is 5.07. The number of carboxylic acids is 1. The molecule has 3 nitrogen and oxygen atoms in total. The van der Waals surface area contributed by atoms with E-state index in [2.05, 4.69) is 4.98 Å². The maximum Gasteiger partial charge on any atom is 0.355 e. The monoisotopic (exact) mass is 283 g/mol. The number of carbonyl (C=O) groups is 1. The number of aromatic carboxylic acids is 1. The van der Waals surface area contributed by atoms with E-state index in [9.17, 15) is 9.18 Å². The van der Waals surface area contributed by atoms with Gasteiger partial charge in [0.15, 0.2) is 5.69 Å². The molecule has 0 amide bonds. The molecule has 1 N–H and O–H groups in total. The fourth-order valence-electron chi connectivity index (χ4n) is 1.58. The summed E-state index contributed by atoms with van der Waals surface area (Å²) in [6, 6.07) is 4.77. The number of aryl methyl sites for hydroxylation is 1. The van der Waals surface area contributed by atoms with Crippen LogP contribution in [-0.4, -0.2) is 22.3 Å². The van der Waals surface area contributed by atoms with Gasteiger partial charge in [0.1, 0.15) is 10.8 Å². The summed E-state index contributed by atoms with van der Waals surface area (Å²) in [5.74, 6) is -1.47. The molecule has 0 fully saturated rings. The van der Waals surface area contributed by atoms with Crippen LogP contribution in [0.3, 0.4) is 0 Å². The van der Waals surface area contributed by atoms with Crippen molar-refractivity contribution < 1.29 is 14.3 Å². The number of hydrogen-bond acceptors (Lipinski definition) is 4. The zero-order valence-corrected chi connectivity index (χ0v) is 11.4. The van der Waals surface area contributed by atoms with Crippen LogP contribution in [0.5, 0.6) is 0 Å². The third-order valence-corrected chi connectivity index (χ3v) is 4.18. The van der Waals surface area contributed by atoms with Crippen molar-refractivity contribution in [3.8, 4) is 10.6 Å². The van der Waals surface area contributed by atoms with Crippen molar-refractivity contribution in [1.29, 1.82) is 0 Å². The topological polar surface area (TPSA) is 50.2 Å². The predicted octanol–water partition coefficient (Wildman–Crippen LogP) is 3.68. The number of nitrogens with zero attached hydrogens (tertiary/aromatic N) is 1. The number of thiazole rings is 1. The third-order valence-electron chi connectivity index (χ3n) is 2.41. The first-order valence-electron chi connectivity index (χ1n) is 5.08. The van der Waals surface area contributed by atoms with Gasteiger partial charge in [-0.15, -0.1) is 23.1 Å². The van der Waals surface area contributed by atoms with E-state index >= 15 is 0 Å². The van der Waals surface area contributed by atoms with Crippen LogP contribution in [-0.2, 0) is 0 Å². The second-order valence-electron chi connectivity index (χ2n) is 3.55. The van der Waals surface area contributed by atoms with Gasteiger partial charge in [0.05, 0.1) is 5.56 Å². The van der Waals surface area contributed by atoms with E-state index in [0.717, 1.165) is 4.90 Å². The molecule has 18 heavy (non-hydrogen) atoms. The number of thioether (sulfide) groups is 1. The van der Waals surface area contributed by atoms with Gasteiger partial charge in [0, 0.05) is 9.77 Å². The summed E-state index contributed by atoms with van der Waals surface area (Å²) >= 11 is 2.60. The molecule has 0 aliphatic rings. The molecular formula is C12H10FNO2S2. The molecule has 0 radical (unpaired) electrons. The highest BCUT2D eigenvalue weighted by atomic mass is 32.2. The van der Waals surface area contributed by atoms with E-state index in [1.165, 1.54) is 29.2 Å². The predicted molar refractivity (Wildman–Crippen MR) is 71.0 cm³/mol. The highest BCUT2D eigenvalue weighted by molar-refractivity contribution is 7.98. The number of carboxylic acid groups (broad SMARTS) is 1. The Labute approximate surface area is 112 Å². The molecule has 0 saturated heterocycles. The van der Waals surface area contributed by atoms with Gasteiger partial charge in [0.2, 0.25) is 0 Å². The Balaban J connectivity index is 2.62. The molecule has 1 aromatic carbocycles. The summed E-state index contributed by atoms with van der Waals surface area (Å²) in [4.78, 5) is 16.3. The molecule has 2 rings (SSSR count). The zero-order chi connectivity index (χ0) is 13.3. The lowest BCUT2D eigenvalue weighted by Gasteiger charge is -2.04. The number of halogens is 1. The average molecular weight is 283 g/mol. The van der Waals surface area contributed by atoms with Gasteiger partial charge in [-0.2, -0.15) is 0 Å². The minimum atomic E-state index is -1.09. The fraction of sp³-hybridized carbons (Fsp3) is 0.167. The maximum atomic E-state index is 13.9. The first-order chi connectivity index (χ1) is 8.54. The van der Waals surface area contributed by atoms with Gasteiger partial charge in [0.25, 0.3) is 0 Å². The van der Waals surface area contributed by atoms with E-state index in [1.54, 1.807) is 19.1 Å². The van der Waals surface area contributed by atoms with Gasteiger partial charge in [-0.25, -0.2) is 14.2 Å². The second-order valence-corrected chi connectivity index (χ2v) is 5.60. The van der Waals surface area contributed by atoms with Gasteiger partial charge < -0.3 is 5.11 Å². The lowest BCUT2D eigenvalue weighted by Crippen LogP contribution is -1.98. The molecule has 0 bridgehead atoms. The summed E-state index contributed by atoms with van der Waals surface area (Å²) in [5, 5.41) is 9.38. The van der Waals surface area contributed by atoms with Crippen LogP contribution in [0.4, 0.5) is 4.39 Å². The van der Waals surface area contributed by atoms with Crippen molar-refractivity contribution in [1.82, 2.24) is 4.98 Å². The minimum absolute atomic E-state index is 0.00898. The van der Waals surface area contributed by atoms with E-state index < -0.39 is 5.97 Å². The third kappa shape index (κ3) is 2.26. The summed E-state index contributed by atoms with van der Waals surface area (Å²) < 4.78 is 13.9. The van der Waals surface area contributed by atoms with Crippen LogP contribution >= 0.6 is 23.1 Å². The van der Waals surface area contributed by atoms with Crippen LogP contribution in [0.15, 0.2) is 23.1 Å². The van der Waals surface area contributed by atoms with Gasteiger partial charge in [-0.3, -0.25) is 0 Å². The van der Waals surface area contributed by atoms with Crippen molar-refractivity contribution in [3.05, 3.63) is 34.6 Å². The Kier molecular flexibility index (Phi) is 3.68. The lowest BCUT2D eigenvalue weighted by molar-refractivity contribution is 0.0690. The molecule has 1 heterocycles. The van der Waals surface area contributed by atoms with Crippen LogP contribution in [0.2, 0.25) is 0 Å². The number of hydrogen-bond donors (Lipinski definition) is 1. The quantitative estimate of drug-likeness (QED) is 0.873. The molecule has 0 aliphatic carbocycles. The first-order valence-corrected chi connectivity index (χ1v) is 7.12. The molecule has 0 aliphatic heterocycles. The molecule has 0 spiro atoms. The summed E-state index contributed by atoms with van der Waals surface area (Å²) in [5.41, 5.74) is 0.371. The van der Waals surface area contributed by atoms with E-state index in [1.807, 2.05) is 6.26 Å². The maximum absolute atomic E-state index is 13.9. The molecule has 0 saturated carbocycles. The van der Waals surface area contributed by atoms with Crippen molar-refractivity contribution in [2.75, 3.05) is 6.26 Å². The zero-order valence-electron chi connectivity index (χ0n) is 9.73. The molecule has 2 aromatic rings. The molecule has 0 atom stereocenters. The number of benzene rings is 1. The molecule has 94 valence electrons. The number of rotatable bonds is 3. The smallest absolute Gasteiger partial charge is 0.355 e. The normalized spacial score (nSPS) is 10.6. The SMILES string of the molecule is CSc1cccc(F)c1-c1nc(C(=O)O)c(C)s1. The Morgan fingerprint density at radius 1 is 1.50 bits per heavy atom.